The van der Waals surface area contributed by atoms with Crippen LogP contribution in [0.4, 0.5) is 13.2 Å². The largest absolute Gasteiger partial charge is 0.492 e. The molecule has 82 valence electrons. The highest BCUT2D eigenvalue weighted by atomic mass is 19.4. The van der Waals surface area contributed by atoms with Crippen molar-refractivity contribution in [2.45, 2.75) is 18.7 Å². The average Bonchev–Trinajstić information content (AvgIpc) is 2.16. The summed E-state index contributed by atoms with van der Waals surface area (Å²) < 4.78 is 42.6. The van der Waals surface area contributed by atoms with Crippen molar-refractivity contribution in [1.29, 1.82) is 0 Å². The van der Waals surface area contributed by atoms with E-state index in [1.54, 1.807) is 0 Å². The second-order valence-corrected chi connectivity index (χ2v) is 3.37. The molecule has 0 spiro atoms. The van der Waals surface area contributed by atoms with E-state index in [4.69, 9.17) is 4.74 Å². The molecule has 0 saturated heterocycles. The fourth-order valence-electron chi connectivity index (χ4n) is 1.63. The molecule has 0 amide bonds. The van der Waals surface area contributed by atoms with Crippen molar-refractivity contribution in [3.63, 3.8) is 0 Å². The van der Waals surface area contributed by atoms with Crippen molar-refractivity contribution in [3.05, 3.63) is 29.3 Å². The first-order chi connectivity index (χ1) is 7.00. The number of aliphatic hydroxyl groups excluding tert-OH is 1. The Hall–Kier alpha value is -1.23. The van der Waals surface area contributed by atoms with Gasteiger partial charge in [0.15, 0.2) is 0 Å². The van der Waals surface area contributed by atoms with Gasteiger partial charge in [0.2, 0.25) is 0 Å². The molecule has 1 aromatic rings. The Morgan fingerprint density at radius 1 is 1.33 bits per heavy atom. The molecule has 0 aliphatic carbocycles. The van der Waals surface area contributed by atoms with E-state index in [1.165, 1.54) is 12.1 Å². The molecular weight excluding hydrogens is 209 g/mol. The average molecular weight is 218 g/mol. The molecule has 1 aliphatic rings. The SMILES string of the molecule is OC1CCOc2c1cccc2C(F)(F)F. The molecule has 1 N–H and O–H groups in total. The van der Waals surface area contributed by atoms with Gasteiger partial charge in [0.1, 0.15) is 5.75 Å². The lowest BCUT2D eigenvalue weighted by atomic mass is 10.00. The normalized spacial score (nSPS) is 20.7. The fourth-order valence-corrected chi connectivity index (χ4v) is 1.63. The summed E-state index contributed by atoms with van der Waals surface area (Å²) >= 11 is 0. The number of halogens is 3. The molecule has 5 heteroatoms. The smallest absolute Gasteiger partial charge is 0.419 e. The molecular formula is C10H9F3O2. The monoisotopic (exact) mass is 218 g/mol. The highest BCUT2D eigenvalue weighted by Gasteiger charge is 2.37. The lowest BCUT2D eigenvalue weighted by Gasteiger charge is -2.24. The lowest BCUT2D eigenvalue weighted by molar-refractivity contribution is -0.139. The number of alkyl halides is 3. The number of para-hydroxylation sites is 1. The summed E-state index contributed by atoms with van der Waals surface area (Å²) in [4.78, 5) is 0. The van der Waals surface area contributed by atoms with Crippen LogP contribution in [0.5, 0.6) is 5.75 Å². The number of hydrogen-bond acceptors (Lipinski definition) is 2. The van der Waals surface area contributed by atoms with Crippen LogP contribution in [-0.4, -0.2) is 11.7 Å². The molecule has 2 rings (SSSR count). The van der Waals surface area contributed by atoms with Crippen LogP contribution in [0, 0.1) is 0 Å². The second-order valence-electron chi connectivity index (χ2n) is 3.37. The number of aliphatic hydroxyl groups is 1. The van der Waals surface area contributed by atoms with Crippen molar-refractivity contribution in [2.75, 3.05) is 6.61 Å². The van der Waals surface area contributed by atoms with E-state index in [-0.39, 0.29) is 17.9 Å². The third-order valence-corrected chi connectivity index (χ3v) is 2.35. The summed E-state index contributed by atoms with van der Waals surface area (Å²) in [5.41, 5.74) is -0.602. The Morgan fingerprint density at radius 3 is 2.73 bits per heavy atom. The molecule has 1 heterocycles. The number of fused-ring (bicyclic) bond motifs is 1. The minimum Gasteiger partial charge on any atom is -0.492 e. The number of ether oxygens (including phenoxy) is 1. The first-order valence-corrected chi connectivity index (χ1v) is 4.51. The zero-order valence-corrected chi connectivity index (χ0v) is 7.71. The predicted molar refractivity (Wildman–Crippen MR) is 46.5 cm³/mol. The molecule has 1 atom stereocenters. The van der Waals surface area contributed by atoms with E-state index in [0.29, 0.717) is 6.42 Å². The third-order valence-electron chi connectivity index (χ3n) is 2.35. The van der Waals surface area contributed by atoms with Crippen LogP contribution in [0.1, 0.15) is 23.7 Å². The number of rotatable bonds is 0. The second kappa shape index (κ2) is 3.41. The van der Waals surface area contributed by atoms with Gasteiger partial charge >= 0.3 is 6.18 Å². The van der Waals surface area contributed by atoms with Gasteiger partial charge in [-0.3, -0.25) is 0 Å². The highest BCUT2D eigenvalue weighted by Crippen LogP contribution is 2.42. The molecule has 0 saturated carbocycles. The summed E-state index contributed by atoms with van der Waals surface area (Å²) in [7, 11) is 0. The van der Waals surface area contributed by atoms with E-state index in [0.717, 1.165) is 6.07 Å². The molecule has 1 aliphatic heterocycles. The van der Waals surface area contributed by atoms with Crippen molar-refractivity contribution in [1.82, 2.24) is 0 Å². The first kappa shape index (κ1) is 10.3. The maximum atomic E-state index is 12.5. The lowest BCUT2D eigenvalue weighted by Crippen LogP contribution is -2.18. The van der Waals surface area contributed by atoms with Gasteiger partial charge in [0.05, 0.1) is 18.3 Å². The Morgan fingerprint density at radius 2 is 2.07 bits per heavy atom. The minimum atomic E-state index is -4.44. The molecule has 1 aromatic carbocycles. The van der Waals surface area contributed by atoms with Gasteiger partial charge in [-0.1, -0.05) is 12.1 Å². The Kier molecular flexibility index (Phi) is 2.34. The Bertz CT molecular complexity index is 373. The highest BCUT2D eigenvalue weighted by molar-refractivity contribution is 5.45. The van der Waals surface area contributed by atoms with Crippen molar-refractivity contribution in [3.8, 4) is 5.75 Å². The third kappa shape index (κ3) is 1.79. The fraction of sp³-hybridized carbons (Fsp3) is 0.400. The van der Waals surface area contributed by atoms with Crippen LogP contribution in [0.2, 0.25) is 0 Å². The molecule has 0 bridgehead atoms. The summed E-state index contributed by atoms with van der Waals surface area (Å²) in [6, 6.07) is 3.69. The summed E-state index contributed by atoms with van der Waals surface area (Å²) in [6.07, 6.45) is -4.98. The van der Waals surface area contributed by atoms with Gasteiger partial charge in [0, 0.05) is 12.0 Å². The van der Waals surface area contributed by atoms with Gasteiger partial charge in [-0.05, 0) is 6.07 Å². The van der Waals surface area contributed by atoms with Gasteiger partial charge in [0.25, 0.3) is 0 Å². The van der Waals surface area contributed by atoms with E-state index in [9.17, 15) is 18.3 Å². The predicted octanol–water partition coefficient (Wildman–Crippen LogP) is 2.52. The van der Waals surface area contributed by atoms with Gasteiger partial charge in [-0.15, -0.1) is 0 Å². The maximum absolute atomic E-state index is 12.5. The van der Waals surface area contributed by atoms with Crippen LogP contribution in [0.3, 0.4) is 0 Å². The molecule has 2 nitrogen and oxygen atoms in total. The quantitative estimate of drug-likeness (QED) is 0.725. The Balaban J connectivity index is 2.54. The van der Waals surface area contributed by atoms with E-state index in [1.807, 2.05) is 0 Å². The number of hydrogen-bond donors (Lipinski definition) is 1. The van der Waals surface area contributed by atoms with Crippen LogP contribution < -0.4 is 4.74 Å². The van der Waals surface area contributed by atoms with Gasteiger partial charge < -0.3 is 9.84 Å². The molecule has 15 heavy (non-hydrogen) atoms. The molecule has 0 fully saturated rings. The van der Waals surface area contributed by atoms with E-state index >= 15 is 0 Å². The Labute approximate surface area is 84.3 Å². The van der Waals surface area contributed by atoms with Crippen molar-refractivity contribution < 1.29 is 23.0 Å². The van der Waals surface area contributed by atoms with Crippen LogP contribution >= 0.6 is 0 Å². The van der Waals surface area contributed by atoms with E-state index in [2.05, 4.69) is 0 Å². The topological polar surface area (TPSA) is 29.5 Å². The van der Waals surface area contributed by atoms with E-state index < -0.39 is 17.8 Å². The molecule has 1 unspecified atom stereocenters. The maximum Gasteiger partial charge on any atom is 0.419 e. The molecule has 0 aromatic heterocycles. The van der Waals surface area contributed by atoms with Crippen LogP contribution in [-0.2, 0) is 6.18 Å². The summed E-state index contributed by atoms with van der Waals surface area (Å²) in [6.45, 7) is 0.112. The van der Waals surface area contributed by atoms with Crippen molar-refractivity contribution in [2.24, 2.45) is 0 Å². The summed E-state index contributed by atoms with van der Waals surface area (Å²) in [5, 5.41) is 9.50. The number of benzene rings is 1. The van der Waals surface area contributed by atoms with Gasteiger partial charge in [-0.2, -0.15) is 13.2 Å². The summed E-state index contributed by atoms with van der Waals surface area (Å²) in [5.74, 6) is -0.233. The van der Waals surface area contributed by atoms with Crippen LogP contribution in [0.15, 0.2) is 18.2 Å². The zero-order chi connectivity index (χ0) is 11.1. The van der Waals surface area contributed by atoms with Crippen LogP contribution in [0.25, 0.3) is 0 Å². The van der Waals surface area contributed by atoms with Gasteiger partial charge in [-0.25, -0.2) is 0 Å². The minimum absolute atomic E-state index is 0.112. The first-order valence-electron chi connectivity index (χ1n) is 4.51. The van der Waals surface area contributed by atoms with Crippen molar-refractivity contribution >= 4 is 0 Å². The standard InChI is InChI=1S/C10H9F3O2/c11-10(12,13)7-3-1-2-6-8(14)4-5-15-9(6)7/h1-3,8,14H,4-5H2. The molecule has 0 radical (unpaired) electrons. The zero-order valence-electron chi connectivity index (χ0n) is 7.71.